The molecule has 0 atom stereocenters. The standard InChI is InChI=1S/C27H16ClF4N5O/c28-21-8-2-1-6-18(21)26(38)19-7-4-12-34-23(19)24-25(17-5-3-11-33-14-17)37(36-35-24)15-16-9-10-22(29)20(13-16)27(30,31)32/h1-14H,15H2. The van der Waals surface area contributed by atoms with Crippen LogP contribution < -0.4 is 0 Å². The molecule has 190 valence electrons. The Morgan fingerprint density at radius 1 is 0.921 bits per heavy atom. The molecule has 0 saturated heterocycles. The van der Waals surface area contributed by atoms with E-state index in [1.807, 2.05) is 0 Å². The highest BCUT2D eigenvalue weighted by molar-refractivity contribution is 6.35. The van der Waals surface area contributed by atoms with Crippen molar-refractivity contribution in [3.8, 4) is 22.6 Å². The normalized spacial score (nSPS) is 11.5. The van der Waals surface area contributed by atoms with E-state index in [2.05, 4.69) is 20.3 Å². The highest BCUT2D eigenvalue weighted by Gasteiger charge is 2.34. The van der Waals surface area contributed by atoms with Crippen molar-refractivity contribution in [2.75, 3.05) is 0 Å². The quantitative estimate of drug-likeness (QED) is 0.183. The Bertz CT molecular complexity index is 1640. The summed E-state index contributed by atoms with van der Waals surface area (Å²) in [4.78, 5) is 22.0. The van der Waals surface area contributed by atoms with Gasteiger partial charge in [0, 0.05) is 29.7 Å². The number of alkyl halides is 3. The van der Waals surface area contributed by atoms with Gasteiger partial charge in [0.15, 0.2) is 5.78 Å². The zero-order valence-electron chi connectivity index (χ0n) is 19.3. The second kappa shape index (κ2) is 10.1. The Labute approximate surface area is 218 Å². The van der Waals surface area contributed by atoms with E-state index in [1.165, 1.54) is 23.1 Å². The summed E-state index contributed by atoms with van der Waals surface area (Å²) in [5.74, 6) is -1.76. The molecule has 0 saturated carbocycles. The molecule has 0 amide bonds. The summed E-state index contributed by atoms with van der Waals surface area (Å²) in [7, 11) is 0. The van der Waals surface area contributed by atoms with Gasteiger partial charge < -0.3 is 0 Å². The van der Waals surface area contributed by atoms with E-state index in [0.29, 0.717) is 11.3 Å². The maximum atomic E-state index is 13.8. The van der Waals surface area contributed by atoms with Gasteiger partial charge in [0.05, 0.1) is 22.7 Å². The van der Waals surface area contributed by atoms with E-state index in [0.717, 1.165) is 12.1 Å². The van der Waals surface area contributed by atoms with E-state index >= 15 is 0 Å². The molecule has 0 N–H and O–H groups in total. The van der Waals surface area contributed by atoms with Crippen LogP contribution in [0, 0.1) is 5.82 Å². The fraction of sp³-hybridized carbons (Fsp3) is 0.0741. The van der Waals surface area contributed by atoms with Gasteiger partial charge in [0.25, 0.3) is 0 Å². The van der Waals surface area contributed by atoms with Crippen LogP contribution in [-0.2, 0) is 12.7 Å². The van der Waals surface area contributed by atoms with Gasteiger partial charge in [0.2, 0.25) is 0 Å². The molecule has 5 aromatic rings. The Morgan fingerprint density at radius 3 is 2.42 bits per heavy atom. The van der Waals surface area contributed by atoms with Crippen LogP contribution in [0.25, 0.3) is 22.6 Å². The van der Waals surface area contributed by atoms with Crippen molar-refractivity contribution in [3.05, 3.63) is 118 Å². The number of ketones is 1. The number of carbonyl (C=O) groups excluding carboxylic acids is 1. The van der Waals surface area contributed by atoms with Gasteiger partial charge >= 0.3 is 6.18 Å². The minimum atomic E-state index is -4.86. The largest absolute Gasteiger partial charge is 0.419 e. The monoisotopic (exact) mass is 537 g/mol. The Morgan fingerprint density at radius 2 is 1.68 bits per heavy atom. The van der Waals surface area contributed by atoms with Gasteiger partial charge in [0.1, 0.15) is 22.9 Å². The second-order valence-corrected chi connectivity index (χ2v) is 8.61. The molecule has 6 nitrogen and oxygen atoms in total. The fourth-order valence-electron chi connectivity index (χ4n) is 4.00. The van der Waals surface area contributed by atoms with Crippen molar-refractivity contribution >= 4 is 17.4 Å². The first-order valence-corrected chi connectivity index (χ1v) is 11.6. The summed E-state index contributed by atoms with van der Waals surface area (Å²) in [6.45, 7) is -0.165. The van der Waals surface area contributed by atoms with Crippen molar-refractivity contribution < 1.29 is 22.4 Å². The van der Waals surface area contributed by atoms with Gasteiger partial charge in [-0.1, -0.05) is 35.0 Å². The van der Waals surface area contributed by atoms with Crippen LogP contribution in [0.4, 0.5) is 17.6 Å². The molecule has 11 heteroatoms. The molecule has 3 heterocycles. The summed E-state index contributed by atoms with van der Waals surface area (Å²) < 4.78 is 55.1. The first-order valence-electron chi connectivity index (χ1n) is 11.2. The maximum Gasteiger partial charge on any atom is 0.419 e. The number of carbonyl (C=O) groups is 1. The van der Waals surface area contributed by atoms with Crippen molar-refractivity contribution in [2.45, 2.75) is 12.7 Å². The maximum absolute atomic E-state index is 13.8. The average Bonchev–Trinajstić information content (AvgIpc) is 3.33. The zero-order chi connectivity index (χ0) is 26.9. The first kappa shape index (κ1) is 25.2. The Hall–Kier alpha value is -4.44. The highest BCUT2D eigenvalue weighted by Crippen LogP contribution is 2.34. The number of halogens is 5. The van der Waals surface area contributed by atoms with Crippen molar-refractivity contribution in [1.29, 1.82) is 0 Å². The van der Waals surface area contributed by atoms with Crippen molar-refractivity contribution in [1.82, 2.24) is 25.0 Å². The average molecular weight is 538 g/mol. The molecule has 0 radical (unpaired) electrons. The second-order valence-electron chi connectivity index (χ2n) is 8.21. The van der Waals surface area contributed by atoms with E-state index in [-0.39, 0.29) is 39.6 Å². The van der Waals surface area contributed by atoms with E-state index in [4.69, 9.17) is 11.6 Å². The smallest absolute Gasteiger partial charge is 0.288 e. The van der Waals surface area contributed by atoms with Crippen LogP contribution in [0.2, 0.25) is 5.02 Å². The first-order chi connectivity index (χ1) is 18.2. The Kier molecular flexibility index (Phi) is 6.73. The molecule has 0 aliphatic heterocycles. The van der Waals surface area contributed by atoms with Crippen molar-refractivity contribution in [3.63, 3.8) is 0 Å². The number of aromatic nitrogens is 5. The van der Waals surface area contributed by atoms with E-state index in [9.17, 15) is 22.4 Å². The van der Waals surface area contributed by atoms with Crippen LogP contribution in [0.1, 0.15) is 27.0 Å². The van der Waals surface area contributed by atoms with Crippen LogP contribution in [-0.4, -0.2) is 30.7 Å². The number of nitrogens with zero attached hydrogens (tertiary/aromatic N) is 5. The molecule has 0 aliphatic carbocycles. The lowest BCUT2D eigenvalue weighted by atomic mass is 9.98. The van der Waals surface area contributed by atoms with Gasteiger partial charge in [-0.15, -0.1) is 5.10 Å². The van der Waals surface area contributed by atoms with Crippen LogP contribution in [0.5, 0.6) is 0 Å². The van der Waals surface area contributed by atoms with Crippen LogP contribution >= 0.6 is 11.6 Å². The lowest BCUT2D eigenvalue weighted by Crippen LogP contribution is -2.11. The minimum absolute atomic E-state index is 0.147. The van der Waals surface area contributed by atoms with Crippen LogP contribution in [0.15, 0.2) is 85.3 Å². The molecular weight excluding hydrogens is 522 g/mol. The number of hydrogen-bond donors (Lipinski definition) is 0. The molecule has 0 aliphatic rings. The third-order valence-electron chi connectivity index (χ3n) is 5.73. The molecule has 5 rings (SSSR count). The summed E-state index contributed by atoms with van der Waals surface area (Å²) >= 11 is 6.26. The summed E-state index contributed by atoms with van der Waals surface area (Å²) in [6, 6.07) is 15.9. The molecule has 0 fully saturated rings. The topological polar surface area (TPSA) is 73.6 Å². The summed E-state index contributed by atoms with van der Waals surface area (Å²) in [5, 5.41) is 8.67. The van der Waals surface area contributed by atoms with Crippen LogP contribution in [0.3, 0.4) is 0 Å². The number of pyridine rings is 2. The minimum Gasteiger partial charge on any atom is -0.288 e. The van der Waals surface area contributed by atoms with Gasteiger partial charge in [-0.3, -0.25) is 14.8 Å². The number of rotatable bonds is 6. The SMILES string of the molecule is O=C(c1ccccc1Cl)c1cccnc1-c1nnn(Cc2ccc(F)c(C(F)(F)F)c2)c1-c1cccnc1. The van der Waals surface area contributed by atoms with E-state index < -0.39 is 23.3 Å². The van der Waals surface area contributed by atoms with Crippen molar-refractivity contribution in [2.24, 2.45) is 0 Å². The number of benzene rings is 2. The van der Waals surface area contributed by atoms with Gasteiger partial charge in [-0.2, -0.15) is 13.2 Å². The zero-order valence-corrected chi connectivity index (χ0v) is 20.1. The molecular formula is C27H16ClF4N5O. The molecule has 38 heavy (non-hydrogen) atoms. The predicted octanol–water partition coefficient (Wildman–Crippen LogP) is 6.49. The lowest BCUT2D eigenvalue weighted by molar-refractivity contribution is -0.140. The molecule has 0 spiro atoms. The Balaban J connectivity index is 1.65. The number of hydrogen-bond acceptors (Lipinski definition) is 5. The fourth-order valence-corrected chi connectivity index (χ4v) is 4.22. The predicted molar refractivity (Wildman–Crippen MR) is 132 cm³/mol. The van der Waals surface area contributed by atoms with Gasteiger partial charge in [-0.05, 0) is 54.1 Å². The molecule has 0 bridgehead atoms. The lowest BCUT2D eigenvalue weighted by Gasteiger charge is -2.12. The summed E-state index contributed by atoms with van der Waals surface area (Å²) in [6.07, 6.45) is -0.287. The third-order valence-corrected chi connectivity index (χ3v) is 6.06. The van der Waals surface area contributed by atoms with Gasteiger partial charge in [-0.25, -0.2) is 9.07 Å². The molecule has 2 aromatic carbocycles. The van der Waals surface area contributed by atoms with E-state index in [1.54, 1.807) is 54.7 Å². The summed E-state index contributed by atoms with van der Waals surface area (Å²) in [5.41, 5.74) is 0.563. The third kappa shape index (κ3) is 4.90. The molecule has 3 aromatic heterocycles. The molecule has 0 unspecified atom stereocenters. The highest BCUT2D eigenvalue weighted by atomic mass is 35.5.